The topological polar surface area (TPSA) is 35.5 Å². The van der Waals surface area contributed by atoms with Crippen LogP contribution in [0.25, 0.3) is 0 Å². The molecule has 0 fully saturated rings. The van der Waals surface area contributed by atoms with Crippen LogP contribution >= 0.6 is 0 Å². The van der Waals surface area contributed by atoms with Gasteiger partial charge in [-0.25, -0.2) is 0 Å². The van der Waals surface area contributed by atoms with E-state index in [2.05, 4.69) is 63.5 Å². The first kappa shape index (κ1) is 32.9. The number of hydrogen-bond donors (Lipinski definition) is 0. The average Bonchev–Trinajstić information content (AvgIpc) is 2.92. The molecular weight excluding hydrogens is 482 g/mol. The second-order valence-electron chi connectivity index (χ2n) is 11.9. The molecule has 39 heavy (non-hydrogen) atoms. The van der Waals surface area contributed by atoms with Crippen LogP contribution in [0.1, 0.15) is 102 Å². The molecule has 4 nitrogen and oxygen atoms in total. The van der Waals surface area contributed by atoms with Gasteiger partial charge in [0.2, 0.25) is 0 Å². The lowest BCUT2D eigenvalue weighted by molar-refractivity contribution is -0.905. The van der Waals surface area contributed by atoms with Crippen molar-refractivity contribution in [3.63, 3.8) is 0 Å². The summed E-state index contributed by atoms with van der Waals surface area (Å²) in [5.41, 5.74) is 2.57. The third-order valence-electron chi connectivity index (χ3n) is 7.44. The fraction of sp³-hybridized carbons (Fsp3) is 0.629. The molecule has 0 spiro atoms. The summed E-state index contributed by atoms with van der Waals surface area (Å²) in [5, 5.41) is 0. The van der Waals surface area contributed by atoms with E-state index in [0.717, 1.165) is 29.7 Å². The van der Waals surface area contributed by atoms with E-state index in [1.807, 2.05) is 19.1 Å². The van der Waals surface area contributed by atoms with Crippen LogP contribution < -0.4 is 4.74 Å². The number of unbranched alkanes of at least 4 members (excludes halogenated alkanes) is 10. The van der Waals surface area contributed by atoms with Gasteiger partial charge in [0.1, 0.15) is 18.2 Å². The van der Waals surface area contributed by atoms with Crippen molar-refractivity contribution >= 4 is 5.97 Å². The van der Waals surface area contributed by atoms with Crippen molar-refractivity contribution in [3.05, 3.63) is 65.7 Å². The fourth-order valence-electron chi connectivity index (χ4n) is 5.35. The standard InChI is InChI=1S/C35H56NO3/c1-5-6-7-8-9-10-11-12-13-14-18-24-33-25-19-20-26-34(33)38-27-21-28-39-35(37)31(2)29-36(3,4)30-32-22-16-15-17-23-32/h15-17,19-20,22-23,25-26,31H,5-14,18,21,24,27-30H2,1-4H3/q+1. The van der Waals surface area contributed by atoms with Crippen LogP contribution in [0.2, 0.25) is 0 Å². The third-order valence-corrected chi connectivity index (χ3v) is 7.44. The predicted octanol–water partition coefficient (Wildman–Crippen LogP) is 8.76. The highest BCUT2D eigenvalue weighted by Gasteiger charge is 2.25. The lowest BCUT2D eigenvalue weighted by Crippen LogP contribution is -2.44. The Morgan fingerprint density at radius 3 is 2.00 bits per heavy atom. The molecular formula is C35H56NO3+. The maximum Gasteiger partial charge on any atom is 0.314 e. The van der Waals surface area contributed by atoms with Crippen LogP contribution in [0.4, 0.5) is 0 Å². The van der Waals surface area contributed by atoms with E-state index in [-0.39, 0.29) is 11.9 Å². The third kappa shape index (κ3) is 15.1. The van der Waals surface area contributed by atoms with Crippen molar-refractivity contribution in [3.8, 4) is 5.75 Å². The molecule has 2 rings (SSSR count). The van der Waals surface area contributed by atoms with Crippen molar-refractivity contribution in [1.82, 2.24) is 0 Å². The molecule has 4 heteroatoms. The number of aryl methyl sites for hydroxylation is 1. The number of ether oxygens (including phenoxy) is 2. The summed E-state index contributed by atoms with van der Waals surface area (Å²) in [6.45, 7) is 6.85. The largest absolute Gasteiger partial charge is 0.493 e. The number of benzene rings is 2. The number of carbonyl (C=O) groups excluding carboxylic acids is 1. The van der Waals surface area contributed by atoms with Gasteiger partial charge in [0.15, 0.2) is 0 Å². The van der Waals surface area contributed by atoms with Gasteiger partial charge in [0.25, 0.3) is 0 Å². The van der Waals surface area contributed by atoms with E-state index in [4.69, 9.17) is 9.47 Å². The van der Waals surface area contributed by atoms with Gasteiger partial charge in [-0.05, 0) is 31.4 Å². The van der Waals surface area contributed by atoms with Gasteiger partial charge in [-0.1, -0.05) is 120 Å². The van der Waals surface area contributed by atoms with Crippen LogP contribution in [0.15, 0.2) is 54.6 Å². The first-order valence-electron chi connectivity index (χ1n) is 15.6. The summed E-state index contributed by atoms with van der Waals surface area (Å²) < 4.78 is 12.4. The van der Waals surface area contributed by atoms with Crippen molar-refractivity contribution in [2.75, 3.05) is 33.9 Å². The Bertz CT molecular complexity index is 896. The Balaban J connectivity index is 1.57. The normalized spacial score (nSPS) is 12.3. The molecule has 0 aromatic heterocycles. The maximum atomic E-state index is 12.6. The van der Waals surface area contributed by atoms with Gasteiger partial charge in [-0.15, -0.1) is 0 Å². The van der Waals surface area contributed by atoms with Crippen molar-refractivity contribution in [1.29, 1.82) is 0 Å². The molecule has 2 aromatic rings. The van der Waals surface area contributed by atoms with Gasteiger partial charge in [0.05, 0.1) is 33.9 Å². The molecule has 218 valence electrons. The molecule has 0 heterocycles. The Hall–Kier alpha value is -2.33. The SMILES string of the molecule is CCCCCCCCCCCCCc1ccccc1OCCCOC(=O)C(C)C[N+](C)(C)Cc1ccccc1. The minimum atomic E-state index is -0.142. The molecule has 0 saturated carbocycles. The zero-order chi connectivity index (χ0) is 28.2. The van der Waals surface area contributed by atoms with E-state index < -0.39 is 0 Å². The summed E-state index contributed by atoms with van der Waals surface area (Å²) in [6, 6.07) is 18.8. The Morgan fingerprint density at radius 2 is 1.33 bits per heavy atom. The Kier molecular flexibility index (Phi) is 16.6. The molecule has 0 bridgehead atoms. The van der Waals surface area contributed by atoms with E-state index in [0.29, 0.717) is 19.6 Å². The van der Waals surface area contributed by atoms with Gasteiger partial charge in [-0.3, -0.25) is 4.79 Å². The average molecular weight is 539 g/mol. The fourth-order valence-corrected chi connectivity index (χ4v) is 5.35. The zero-order valence-electron chi connectivity index (χ0n) is 25.5. The van der Waals surface area contributed by atoms with E-state index >= 15 is 0 Å². The molecule has 1 unspecified atom stereocenters. The highest BCUT2D eigenvalue weighted by Crippen LogP contribution is 2.21. The first-order chi connectivity index (χ1) is 18.9. The highest BCUT2D eigenvalue weighted by atomic mass is 16.5. The molecule has 0 aliphatic heterocycles. The molecule has 1 atom stereocenters. The van der Waals surface area contributed by atoms with Gasteiger partial charge in [-0.2, -0.15) is 0 Å². The van der Waals surface area contributed by atoms with Crippen LogP contribution in [0, 0.1) is 5.92 Å². The minimum Gasteiger partial charge on any atom is -0.493 e. The second-order valence-corrected chi connectivity index (χ2v) is 11.9. The number of carbonyl (C=O) groups is 1. The minimum absolute atomic E-state index is 0.119. The van der Waals surface area contributed by atoms with Crippen LogP contribution in [-0.4, -0.2) is 44.3 Å². The van der Waals surface area contributed by atoms with Crippen molar-refractivity contribution < 1.29 is 18.8 Å². The quantitative estimate of drug-likeness (QED) is 0.0854. The second kappa shape index (κ2) is 19.7. The zero-order valence-corrected chi connectivity index (χ0v) is 25.5. The van der Waals surface area contributed by atoms with Crippen LogP contribution in [0.3, 0.4) is 0 Å². The first-order valence-corrected chi connectivity index (χ1v) is 15.6. The summed E-state index contributed by atoms with van der Waals surface area (Å²) in [7, 11) is 4.33. The molecule has 0 N–H and O–H groups in total. The number of rotatable bonds is 22. The van der Waals surface area contributed by atoms with Gasteiger partial charge < -0.3 is 14.0 Å². The number of quaternary nitrogens is 1. The lowest BCUT2D eigenvalue weighted by atomic mass is 10.0. The van der Waals surface area contributed by atoms with Crippen molar-refractivity contribution in [2.45, 2.75) is 104 Å². The maximum absolute atomic E-state index is 12.6. The molecule has 0 saturated heterocycles. The molecule has 2 aromatic carbocycles. The molecule has 0 amide bonds. The molecule has 0 aliphatic carbocycles. The van der Waals surface area contributed by atoms with Crippen LogP contribution in [0.5, 0.6) is 5.75 Å². The monoisotopic (exact) mass is 538 g/mol. The van der Waals surface area contributed by atoms with E-state index in [1.165, 1.54) is 81.8 Å². The van der Waals surface area contributed by atoms with Crippen LogP contribution in [-0.2, 0) is 22.5 Å². The number of esters is 1. The van der Waals surface area contributed by atoms with E-state index in [1.54, 1.807) is 0 Å². The van der Waals surface area contributed by atoms with Gasteiger partial charge in [0, 0.05) is 12.0 Å². The molecule has 0 radical (unpaired) electrons. The smallest absolute Gasteiger partial charge is 0.314 e. The van der Waals surface area contributed by atoms with Gasteiger partial charge >= 0.3 is 5.97 Å². The summed E-state index contributed by atoms with van der Waals surface area (Å²) >= 11 is 0. The summed E-state index contributed by atoms with van der Waals surface area (Å²) in [5.74, 6) is 0.714. The van der Waals surface area contributed by atoms with Crippen molar-refractivity contribution in [2.24, 2.45) is 5.92 Å². The number of nitrogens with zero attached hydrogens (tertiary/aromatic N) is 1. The molecule has 0 aliphatic rings. The summed E-state index contributed by atoms with van der Waals surface area (Å²) in [4.78, 5) is 12.6. The highest BCUT2D eigenvalue weighted by molar-refractivity contribution is 5.72. The lowest BCUT2D eigenvalue weighted by Gasteiger charge is -2.31. The number of hydrogen-bond acceptors (Lipinski definition) is 3. The van der Waals surface area contributed by atoms with E-state index in [9.17, 15) is 4.79 Å². The Labute approximate surface area is 239 Å². The Morgan fingerprint density at radius 1 is 0.744 bits per heavy atom. The summed E-state index contributed by atoms with van der Waals surface area (Å²) in [6.07, 6.45) is 16.7. The number of para-hydroxylation sites is 1. The predicted molar refractivity (Wildman–Crippen MR) is 164 cm³/mol.